The number of benzene rings is 2. The van der Waals surface area contributed by atoms with Gasteiger partial charge in [-0.25, -0.2) is 9.97 Å². The Bertz CT molecular complexity index is 1810. The second-order valence-electron chi connectivity index (χ2n) is 13.5. The Hall–Kier alpha value is -3.21. The summed E-state index contributed by atoms with van der Waals surface area (Å²) in [4.78, 5) is 48.4. The van der Waals surface area contributed by atoms with Gasteiger partial charge in [-0.05, 0) is 47.2 Å². The molecule has 6 heterocycles. The molecule has 0 fully saturated rings. The third-order valence-corrected chi connectivity index (χ3v) is 13.5. The van der Waals surface area contributed by atoms with Gasteiger partial charge in [-0.3, -0.25) is 19.4 Å². The fourth-order valence-corrected chi connectivity index (χ4v) is 10.7. The molecule has 0 bridgehead atoms. The van der Waals surface area contributed by atoms with Crippen LogP contribution in [0.2, 0.25) is 0 Å². The van der Waals surface area contributed by atoms with Crippen molar-refractivity contribution in [3.05, 3.63) is 78.7 Å². The molecule has 4 aliphatic rings. The molecule has 11 nitrogen and oxygen atoms in total. The van der Waals surface area contributed by atoms with Gasteiger partial charge < -0.3 is 24.7 Å². The smallest absolute Gasteiger partial charge is 0.287 e. The van der Waals surface area contributed by atoms with Gasteiger partial charge in [0.25, 0.3) is 11.8 Å². The van der Waals surface area contributed by atoms with Gasteiger partial charge in [0, 0.05) is 97.8 Å². The van der Waals surface area contributed by atoms with Crippen molar-refractivity contribution < 1.29 is 24.5 Å². The number of thioether (sulfide) groups is 1. The number of aliphatic hydroxyl groups excluding tert-OH is 2. The third kappa shape index (κ3) is 7.19. The van der Waals surface area contributed by atoms with Crippen LogP contribution in [0, 0.1) is 0 Å². The van der Waals surface area contributed by atoms with Gasteiger partial charge in [0.2, 0.25) is 0 Å². The molecule has 0 saturated heterocycles. The molecule has 0 radical (unpaired) electrons. The van der Waals surface area contributed by atoms with Crippen LogP contribution in [-0.4, -0.2) is 119 Å². The summed E-state index contributed by atoms with van der Waals surface area (Å²) < 4.78 is 5.46. The van der Waals surface area contributed by atoms with Crippen LogP contribution in [0.1, 0.15) is 51.9 Å². The lowest BCUT2D eigenvalue weighted by Gasteiger charge is -2.25. The zero-order valence-electron chi connectivity index (χ0n) is 29.2. The minimum absolute atomic E-state index is 0.0280. The van der Waals surface area contributed by atoms with E-state index in [1.807, 2.05) is 28.0 Å². The third-order valence-electron chi connectivity index (χ3n) is 10.4. The molecule has 14 heteroatoms. The van der Waals surface area contributed by atoms with E-state index >= 15 is 0 Å². The Kier molecular flexibility index (Phi) is 11.0. The summed E-state index contributed by atoms with van der Waals surface area (Å²) in [6.07, 6.45) is 3.20. The standard InChI is InChI=1S/C38H44N6O5S3/c45-17-20-49-19-15-41-11-9-29-33(23-41)51-35(39-29)37(47)43-13-7-27-25(3-1-5-31(27)43)26-4-2-6-32-28(26)8-14-44(32)38(48)36-40-30-10-12-42(24-34(30)52-36)16-21-50-22-18-46/h1-6,45-46H,7-24H2. The molecule has 0 unspecified atom stereocenters. The van der Waals surface area contributed by atoms with Crippen LogP contribution in [0.25, 0.3) is 11.1 Å². The molecule has 274 valence electrons. The fraction of sp³-hybridized carbons (Fsp3) is 0.474. The lowest BCUT2D eigenvalue weighted by atomic mass is 9.93. The number of rotatable bonds is 13. The molecule has 4 aromatic rings. The maximum atomic E-state index is 14.0. The number of nitrogens with zero attached hydrogens (tertiary/aromatic N) is 6. The van der Waals surface area contributed by atoms with Crippen LogP contribution < -0.4 is 9.80 Å². The SMILES string of the molecule is O=C(c1nc2c(s1)CN(CCOCCO)CC2)N1CCc2c(-c3cccc4c3CCN4C(=O)c3nc4c(s3)CN(CCSCCO)CC4)cccc21. The highest BCUT2D eigenvalue weighted by atomic mass is 32.2. The van der Waals surface area contributed by atoms with Crippen molar-refractivity contribution in [2.75, 3.05) is 87.0 Å². The number of aliphatic hydroxyl groups is 2. The summed E-state index contributed by atoms with van der Waals surface area (Å²) in [5.41, 5.74) is 8.55. The van der Waals surface area contributed by atoms with Crippen molar-refractivity contribution in [3.8, 4) is 11.1 Å². The molecule has 52 heavy (non-hydrogen) atoms. The minimum Gasteiger partial charge on any atom is -0.396 e. The second-order valence-corrected chi connectivity index (χ2v) is 16.9. The minimum atomic E-state index is -0.0435. The first-order valence-electron chi connectivity index (χ1n) is 18.2. The van der Waals surface area contributed by atoms with E-state index in [9.17, 15) is 9.59 Å². The van der Waals surface area contributed by atoms with Gasteiger partial charge in [-0.15, -0.1) is 22.7 Å². The van der Waals surface area contributed by atoms with Crippen LogP contribution in [-0.2, 0) is 43.5 Å². The number of thiazole rings is 2. The Labute approximate surface area is 316 Å². The summed E-state index contributed by atoms with van der Waals surface area (Å²) in [5.74, 6) is 1.68. The molecule has 2 aromatic carbocycles. The maximum absolute atomic E-state index is 14.0. The van der Waals surface area contributed by atoms with E-state index in [0.717, 1.165) is 121 Å². The fourth-order valence-electron chi connectivity index (χ4n) is 7.81. The van der Waals surface area contributed by atoms with E-state index in [0.29, 0.717) is 36.3 Å². The number of hydrogen-bond acceptors (Lipinski definition) is 12. The van der Waals surface area contributed by atoms with Crippen LogP contribution in [0.15, 0.2) is 36.4 Å². The van der Waals surface area contributed by atoms with E-state index in [1.165, 1.54) is 33.1 Å². The van der Waals surface area contributed by atoms with E-state index in [1.54, 1.807) is 11.8 Å². The van der Waals surface area contributed by atoms with Crippen LogP contribution >= 0.6 is 34.4 Å². The second kappa shape index (κ2) is 16.0. The highest BCUT2D eigenvalue weighted by Gasteiger charge is 2.34. The van der Waals surface area contributed by atoms with Crippen molar-refractivity contribution in [1.82, 2.24) is 19.8 Å². The number of ether oxygens (including phenoxy) is 1. The van der Waals surface area contributed by atoms with E-state index in [-0.39, 0.29) is 25.0 Å². The lowest BCUT2D eigenvalue weighted by Crippen LogP contribution is -2.33. The van der Waals surface area contributed by atoms with Gasteiger partial charge in [0.15, 0.2) is 10.0 Å². The number of carbonyl (C=O) groups excluding carboxylic acids is 2. The molecule has 4 aliphatic heterocycles. The largest absolute Gasteiger partial charge is 0.396 e. The Morgan fingerprint density at radius 3 is 1.79 bits per heavy atom. The monoisotopic (exact) mass is 760 g/mol. The molecule has 0 aliphatic carbocycles. The zero-order chi connectivity index (χ0) is 35.6. The van der Waals surface area contributed by atoms with E-state index < -0.39 is 0 Å². The summed E-state index contributed by atoms with van der Waals surface area (Å²) in [6.45, 7) is 7.56. The van der Waals surface area contributed by atoms with Gasteiger partial charge >= 0.3 is 0 Å². The van der Waals surface area contributed by atoms with Crippen LogP contribution in [0.3, 0.4) is 0 Å². The Balaban J connectivity index is 0.970. The first kappa shape index (κ1) is 35.8. The molecule has 2 amide bonds. The predicted octanol–water partition coefficient (Wildman–Crippen LogP) is 4.12. The topological polar surface area (TPSA) is 123 Å². The molecular weight excluding hydrogens is 717 g/mol. The highest BCUT2D eigenvalue weighted by Crippen LogP contribution is 2.43. The van der Waals surface area contributed by atoms with Crippen LogP contribution in [0.5, 0.6) is 0 Å². The Morgan fingerprint density at radius 2 is 1.25 bits per heavy atom. The van der Waals surface area contributed by atoms with Crippen molar-refractivity contribution in [2.24, 2.45) is 0 Å². The molecule has 0 spiro atoms. The molecule has 8 rings (SSSR count). The Morgan fingerprint density at radius 1 is 0.692 bits per heavy atom. The average molecular weight is 761 g/mol. The van der Waals surface area contributed by atoms with Gasteiger partial charge in [0.05, 0.1) is 37.8 Å². The predicted molar refractivity (Wildman–Crippen MR) is 207 cm³/mol. The summed E-state index contributed by atoms with van der Waals surface area (Å²) in [5, 5.41) is 19.1. The summed E-state index contributed by atoms with van der Waals surface area (Å²) in [7, 11) is 0. The number of carbonyl (C=O) groups is 2. The molecule has 2 N–H and O–H groups in total. The number of anilines is 2. The lowest BCUT2D eigenvalue weighted by molar-refractivity contribution is 0.0711. The van der Waals surface area contributed by atoms with Crippen molar-refractivity contribution in [2.45, 2.75) is 38.8 Å². The molecule has 0 saturated carbocycles. The number of hydrogen-bond donors (Lipinski definition) is 2. The molecule has 0 atom stereocenters. The van der Waals surface area contributed by atoms with Gasteiger partial charge in [-0.2, -0.15) is 11.8 Å². The summed E-state index contributed by atoms with van der Waals surface area (Å²) in [6, 6.07) is 12.5. The molecule has 2 aromatic heterocycles. The number of fused-ring (bicyclic) bond motifs is 4. The van der Waals surface area contributed by atoms with Gasteiger partial charge in [-0.1, -0.05) is 24.3 Å². The number of aromatic nitrogens is 2. The zero-order valence-corrected chi connectivity index (χ0v) is 31.7. The first-order valence-corrected chi connectivity index (χ1v) is 21.0. The quantitative estimate of drug-likeness (QED) is 0.193. The van der Waals surface area contributed by atoms with Crippen molar-refractivity contribution in [3.63, 3.8) is 0 Å². The summed E-state index contributed by atoms with van der Waals surface area (Å²) >= 11 is 4.81. The van der Waals surface area contributed by atoms with Crippen molar-refractivity contribution in [1.29, 1.82) is 0 Å². The first-order chi connectivity index (χ1) is 25.5. The normalized spacial score (nSPS) is 17.0. The van der Waals surface area contributed by atoms with Crippen LogP contribution in [0.4, 0.5) is 11.4 Å². The van der Waals surface area contributed by atoms with E-state index in [4.69, 9.17) is 24.9 Å². The highest BCUT2D eigenvalue weighted by molar-refractivity contribution is 7.99. The van der Waals surface area contributed by atoms with E-state index in [2.05, 4.69) is 28.0 Å². The van der Waals surface area contributed by atoms with Gasteiger partial charge in [0.1, 0.15) is 0 Å². The number of amides is 2. The van der Waals surface area contributed by atoms with Crippen molar-refractivity contribution >= 4 is 57.6 Å². The maximum Gasteiger partial charge on any atom is 0.287 e. The average Bonchev–Trinajstić information content (AvgIpc) is 3.98. The molecular formula is C38H44N6O5S3.